The topological polar surface area (TPSA) is 67.4 Å². The minimum absolute atomic E-state index is 0.1000. The number of aryl methyl sites for hydroxylation is 1. The lowest BCUT2D eigenvalue weighted by Crippen LogP contribution is -2.14. The van der Waals surface area contributed by atoms with E-state index in [0.717, 1.165) is 5.56 Å². The van der Waals surface area contributed by atoms with Gasteiger partial charge in [0.2, 0.25) is 5.91 Å². The number of benzene rings is 3. The Morgan fingerprint density at radius 2 is 1.70 bits per heavy atom. The molecule has 2 N–H and O–H groups in total. The molecule has 3 aromatic carbocycles. The molecule has 0 radical (unpaired) electrons. The van der Waals surface area contributed by atoms with Gasteiger partial charge in [-0.1, -0.05) is 42.5 Å². The third kappa shape index (κ3) is 3.82. The van der Waals surface area contributed by atoms with Crippen molar-refractivity contribution in [1.29, 1.82) is 0 Å². The van der Waals surface area contributed by atoms with Crippen LogP contribution in [-0.2, 0) is 11.2 Å². The normalized spacial score (nSPS) is 12.1. The van der Waals surface area contributed by atoms with E-state index in [4.69, 9.17) is 4.74 Å². The minimum atomic E-state index is -0.268. The highest BCUT2D eigenvalue weighted by Crippen LogP contribution is 2.36. The summed E-state index contributed by atoms with van der Waals surface area (Å²) in [6.07, 6.45) is 1.03. The molecule has 3 aromatic rings. The summed E-state index contributed by atoms with van der Waals surface area (Å²) in [6, 6.07) is 22.2. The molecule has 134 valence electrons. The van der Waals surface area contributed by atoms with Crippen molar-refractivity contribution < 1.29 is 14.3 Å². The molecular formula is C22H18N2O3. The maximum absolute atomic E-state index is 12.5. The first kappa shape index (κ1) is 16.8. The number of carbonyl (C=O) groups is 2. The van der Waals surface area contributed by atoms with Gasteiger partial charge in [-0.2, -0.15) is 0 Å². The van der Waals surface area contributed by atoms with E-state index >= 15 is 0 Å². The zero-order valence-electron chi connectivity index (χ0n) is 14.6. The smallest absolute Gasteiger partial charge is 0.259 e. The van der Waals surface area contributed by atoms with E-state index in [9.17, 15) is 9.59 Å². The van der Waals surface area contributed by atoms with Crippen LogP contribution in [-0.4, -0.2) is 11.8 Å². The van der Waals surface area contributed by atoms with Crippen LogP contribution in [0.4, 0.5) is 11.4 Å². The summed E-state index contributed by atoms with van der Waals surface area (Å²) in [7, 11) is 0. The number of rotatable bonds is 4. The highest BCUT2D eigenvalue weighted by Gasteiger charge is 2.21. The van der Waals surface area contributed by atoms with Gasteiger partial charge in [0.25, 0.3) is 5.91 Å². The fraction of sp³-hybridized carbons (Fsp3) is 0.0909. The molecule has 0 unspecified atom stereocenters. The van der Waals surface area contributed by atoms with E-state index in [-0.39, 0.29) is 11.8 Å². The van der Waals surface area contributed by atoms with E-state index < -0.39 is 0 Å². The highest BCUT2D eigenvalue weighted by atomic mass is 16.5. The quantitative estimate of drug-likeness (QED) is 0.715. The summed E-state index contributed by atoms with van der Waals surface area (Å²) in [5, 5.41) is 5.68. The minimum Gasteiger partial charge on any atom is -0.454 e. The summed E-state index contributed by atoms with van der Waals surface area (Å²) >= 11 is 0. The van der Waals surface area contributed by atoms with Gasteiger partial charge in [0.1, 0.15) is 5.75 Å². The number of fused-ring (bicyclic) bond motifs is 2. The maximum Gasteiger partial charge on any atom is 0.259 e. The first-order chi connectivity index (χ1) is 13.2. The molecule has 1 aliphatic heterocycles. The number of amides is 2. The van der Waals surface area contributed by atoms with Crippen LogP contribution in [0.15, 0.2) is 72.8 Å². The summed E-state index contributed by atoms with van der Waals surface area (Å²) in [6.45, 7) is 0. The van der Waals surface area contributed by atoms with Crippen molar-refractivity contribution in [1.82, 2.24) is 0 Å². The van der Waals surface area contributed by atoms with Gasteiger partial charge in [-0.15, -0.1) is 0 Å². The Balaban J connectivity index is 1.47. The second-order valence-corrected chi connectivity index (χ2v) is 6.30. The first-order valence-electron chi connectivity index (χ1n) is 8.75. The largest absolute Gasteiger partial charge is 0.454 e. The molecule has 1 aliphatic rings. The molecule has 5 heteroatoms. The Kier molecular flexibility index (Phi) is 4.58. The molecule has 0 spiro atoms. The van der Waals surface area contributed by atoms with Gasteiger partial charge in [-0.25, -0.2) is 0 Å². The predicted octanol–water partition coefficient (Wildman–Crippen LogP) is 4.62. The van der Waals surface area contributed by atoms with Gasteiger partial charge in [-0.3, -0.25) is 9.59 Å². The monoisotopic (exact) mass is 358 g/mol. The third-order valence-electron chi connectivity index (χ3n) is 4.35. The molecule has 0 saturated heterocycles. The zero-order chi connectivity index (χ0) is 18.6. The summed E-state index contributed by atoms with van der Waals surface area (Å²) < 4.78 is 5.84. The highest BCUT2D eigenvalue weighted by molar-refractivity contribution is 6.09. The molecule has 0 bridgehead atoms. The van der Waals surface area contributed by atoms with Crippen molar-refractivity contribution in [2.75, 3.05) is 10.6 Å². The van der Waals surface area contributed by atoms with E-state index in [1.807, 2.05) is 42.5 Å². The van der Waals surface area contributed by atoms with Crippen LogP contribution in [0.2, 0.25) is 0 Å². The third-order valence-corrected chi connectivity index (χ3v) is 4.35. The lowest BCUT2D eigenvalue weighted by atomic mass is 10.1. The van der Waals surface area contributed by atoms with Crippen LogP contribution in [0.3, 0.4) is 0 Å². The number of hydrogen-bond donors (Lipinski definition) is 2. The molecule has 4 rings (SSSR count). The van der Waals surface area contributed by atoms with E-state index in [1.54, 1.807) is 30.3 Å². The number of ether oxygens (including phenoxy) is 1. The van der Waals surface area contributed by atoms with Gasteiger partial charge in [0, 0.05) is 12.1 Å². The molecular weight excluding hydrogens is 340 g/mol. The number of hydrogen-bond acceptors (Lipinski definition) is 3. The second-order valence-electron chi connectivity index (χ2n) is 6.30. The van der Waals surface area contributed by atoms with Gasteiger partial charge < -0.3 is 15.4 Å². The van der Waals surface area contributed by atoms with Crippen molar-refractivity contribution >= 4 is 23.2 Å². The van der Waals surface area contributed by atoms with Crippen LogP contribution < -0.4 is 15.4 Å². The van der Waals surface area contributed by atoms with Crippen molar-refractivity contribution in [3.63, 3.8) is 0 Å². The van der Waals surface area contributed by atoms with Gasteiger partial charge >= 0.3 is 0 Å². The molecule has 0 fully saturated rings. The molecule has 0 aliphatic carbocycles. The van der Waals surface area contributed by atoms with E-state index in [2.05, 4.69) is 10.6 Å². The van der Waals surface area contributed by atoms with Crippen LogP contribution >= 0.6 is 0 Å². The fourth-order valence-electron chi connectivity index (χ4n) is 2.97. The van der Waals surface area contributed by atoms with Crippen LogP contribution in [0, 0.1) is 0 Å². The number of para-hydroxylation sites is 2. The average Bonchev–Trinajstić information content (AvgIpc) is 2.83. The van der Waals surface area contributed by atoms with Crippen LogP contribution in [0.25, 0.3) is 0 Å². The zero-order valence-corrected chi connectivity index (χ0v) is 14.6. The lowest BCUT2D eigenvalue weighted by molar-refractivity contribution is -0.116. The Bertz CT molecular complexity index is 999. The van der Waals surface area contributed by atoms with Crippen molar-refractivity contribution in [3.8, 4) is 11.5 Å². The van der Waals surface area contributed by atoms with Gasteiger partial charge in [-0.05, 0) is 42.3 Å². The fourth-order valence-corrected chi connectivity index (χ4v) is 2.97. The number of nitrogens with one attached hydrogen (secondary N) is 2. The molecule has 0 atom stereocenters. The predicted molar refractivity (Wildman–Crippen MR) is 104 cm³/mol. The maximum atomic E-state index is 12.5. The molecule has 27 heavy (non-hydrogen) atoms. The molecule has 2 amide bonds. The second kappa shape index (κ2) is 7.33. The molecule has 0 aromatic heterocycles. The SMILES string of the molecule is O=C(CCc1ccccc1)Nc1ccc2c(c1)C(=O)Nc1ccccc1O2. The first-order valence-corrected chi connectivity index (χ1v) is 8.75. The summed E-state index contributed by atoms with van der Waals surface area (Å²) in [5.74, 6) is 0.677. The standard InChI is InChI=1S/C22H18N2O3/c25-21(13-10-15-6-2-1-3-7-15)23-16-11-12-19-17(14-16)22(26)24-18-8-4-5-9-20(18)27-19/h1-9,11-12,14H,10,13H2,(H,23,25)(H,24,26). The van der Waals surface area contributed by atoms with Crippen molar-refractivity contribution in [3.05, 3.63) is 83.9 Å². The molecule has 0 saturated carbocycles. The summed E-state index contributed by atoms with van der Waals surface area (Å²) in [4.78, 5) is 24.8. The Labute approximate surface area is 157 Å². The van der Waals surface area contributed by atoms with Crippen LogP contribution in [0.5, 0.6) is 11.5 Å². The van der Waals surface area contributed by atoms with Crippen molar-refractivity contribution in [2.24, 2.45) is 0 Å². The number of anilines is 2. The summed E-state index contributed by atoms with van der Waals surface area (Å²) in [5.41, 5.74) is 2.68. The van der Waals surface area contributed by atoms with Gasteiger partial charge in [0.15, 0.2) is 5.75 Å². The van der Waals surface area contributed by atoms with E-state index in [0.29, 0.717) is 41.3 Å². The lowest BCUT2D eigenvalue weighted by Gasteiger charge is -2.10. The van der Waals surface area contributed by atoms with Crippen LogP contribution in [0.1, 0.15) is 22.3 Å². The molecule has 5 nitrogen and oxygen atoms in total. The van der Waals surface area contributed by atoms with Crippen molar-refractivity contribution in [2.45, 2.75) is 12.8 Å². The van der Waals surface area contributed by atoms with E-state index in [1.165, 1.54) is 0 Å². The Morgan fingerprint density at radius 1 is 0.926 bits per heavy atom. The Morgan fingerprint density at radius 3 is 2.56 bits per heavy atom. The van der Waals surface area contributed by atoms with Gasteiger partial charge in [0.05, 0.1) is 11.3 Å². The molecule has 1 heterocycles. The Hall–Kier alpha value is -3.60. The average molecular weight is 358 g/mol. The number of carbonyl (C=O) groups excluding carboxylic acids is 2.